The number of amides is 4. The van der Waals surface area contributed by atoms with Gasteiger partial charge in [-0.15, -0.1) is 0 Å². The fourth-order valence-corrected chi connectivity index (χ4v) is 26.0. The second-order valence-corrected chi connectivity index (χ2v) is 25.2. The Balaban J connectivity index is 1.84. The summed E-state index contributed by atoms with van der Waals surface area (Å²) < 4.78 is 14.0. The lowest BCUT2D eigenvalue weighted by atomic mass is 9.88. The fraction of sp³-hybridized carbons (Fsp3) is 0.621. The van der Waals surface area contributed by atoms with Crippen LogP contribution in [0, 0.1) is 5.92 Å². The van der Waals surface area contributed by atoms with Crippen molar-refractivity contribution in [1.82, 2.24) is 4.90 Å². The molecule has 12 heteroatoms. The molecular weight excluding hydrogens is 560 g/mol. The zero-order valence-electron chi connectivity index (χ0n) is 25.2. The monoisotopic (exact) mass is 603 g/mol. The molecular formula is C29H43N2O8Si2+. The number of aliphatic hydroxyl groups excluding tert-OH is 1. The number of benzene rings is 1. The molecule has 0 radical (unpaired) electrons. The molecule has 41 heavy (non-hydrogen) atoms. The molecule has 1 saturated heterocycles. The number of fused-ring (bicyclic) bond motifs is 5. The van der Waals surface area contributed by atoms with E-state index < -0.39 is 70.7 Å². The second kappa shape index (κ2) is 12.1. The maximum atomic E-state index is 14.3. The lowest BCUT2D eigenvalue weighted by Gasteiger charge is -2.46. The standard InChI is InChI=1S/C29H43N2O8Si2/c1-16(2)40(17(3)4)41(18(5)6,19(7)8)39-38-26-22(15-32)37-28-24(26)25(34)20-11-9-10-12-21(20)27(35)31-23(33)13-14-30(28)29(31)36/h9-12,14,16-19,22,24,26,28,32,40H,13,15H2,1-8H3/q+1/t22-,24-,26-,28-/m1/s1. The number of Topliss-reactive ketones (excluding diaryl/α,β-unsaturated/α-hetero) is 1. The molecule has 3 heterocycles. The van der Waals surface area contributed by atoms with Crippen molar-refractivity contribution in [3.05, 3.63) is 35.4 Å². The Labute approximate surface area is 244 Å². The van der Waals surface area contributed by atoms with E-state index in [4.69, 9.17) is 14.2 Å². The predicted octanol–water partition coefficient (Wildman–Crippen LogP) is 4.00. The summed E-state index contributed by atoms with van der Waals surface area (Å²) in [5.74, 6) is -3.14. The Hall–Kier alpha value is -2.36. The molecule has 4 amide bonds. The number of carbonyl (C=O) groups excluding carboxylic acids is 4. The van der Waals surface area contributed by atoms with Gasteiger partial charge in [0.1, 0.15) is 24.5 Å². The Morgan fingerprint density at radius 2 is 1.59 bits per heavy atom. The van der Waals surface area contributed by atoms with Gasteiger partial charge in [0, 0.05) is 5.56 Å². The van der Waals surface area contributed by atoms with Crippen LogP contribution in [-0.4, -0.2) is 85.6 Å². The molecule has 0 saturated carbocycles. The number of hydrogen-bond donors (Lipinski definition) is 1. The highest BCUT2D eigenvalue weighted by molar-refractivity contribution is 7.32. The van der Waals surface area contributed by atoms with Gasteiger partial charge >= 0.3 is 17.8 Å². The first-order valence-electron chi connectivity index (χ1n) is 14.6. The average Bonchev–Trinajstić information content (AvgIpc) is 3.27. The van der Waals surface area contributed by atoms with Crippen LogP contribution in [0.4, 0.5) is 4.79 Å². The quantitative estimate of drug-likeness (QED) is 0.148. The minimum absolute atomic E-state index is 0.0472. The van der Waals surface area contributed by atoms with Crippen LogP contribution in [0.5, 0.6) is 0 Å². The molecule has 4 rings (SSSR count). The normalized spacial score (nSPS) is 25.2. The molecule has 1 fully saturated rings. The molecule has 4 atom stereocenters. The largest absolute Gasteiger partial charge is 0.510 e. The summed E-state index contributed by atoms with van der Waals surface area (Å²) in [7, 11) is -4.15. The Kier molecular flexibility index (Phi) is 9.32. The maximum absolute atomic E-state index is 14.3. The second-order valence-electron chi connectivity index (χ2n) is 12.6. The zero-order chi connectivity index (χ0) is 30.4. The van der Waals surface area contributed by atoms with Crippen molar-refractivity contribution in [2.45, 2.75) is 102 Å². The molecule has 2 bridgehead atoms. The molecule has 224 valence electrons. The predicted molar refractivity (Wildman–Crippen MR) is 157 cm³/mol. The van der Waals surface area contributed by atoms with Crippen LogP contribution in [0.3, 0.4) is 0 Å². The highest BCUT2D eigenvalue weighted by atomic mass is 29.2. The number of carbonyl (C=O) groups is 4. The zero-order valence-corrected chi connectivity index (χ0v) is 27.4. The van der Waals surface area contributed by atoms with Crippen molar-refractivity contribution < 1.29 is 43.1 Å². The molecule has 10 nitrogen and oxygen atoms in total. The summed E-state index contributed by atoms with van der Waals surface area (Å²) in [5, 5.41) is 10.4. The van der Waals surface area contributed by atoms with Crippen LogP contribution >= 0.6 is 0 Å². The Bertz CT molecular complexity index is 1230. The third-order valence-corrected chi connectivity index (χ3v) is 28.2. The first-order valence-corrected chi connectivity index (χ1v) is 19.8. The first kappa shape index (κ1) is 31.6. The maximum Gasteiger partial charge on any atom is 0.510 e. The van der Waals surface area contributed by atoms with E-state index in [9.17, 15) is 24.3 Å². The summed E-state index contributed by atoms with van der Waals surface area (Å²) in [6.07, 6.45) is -2.11. The van der Waals surface area contributed by atoms with Gasteiger partial charge in [0.25, 0.3) is 0 Å². The van der Waals surface area contributed by atoms with E-state index in [-0.39, 0.29) is 28.6 Å². The van der Waals surface area contributed by atoms with Crippen molar-refractivity contribution in [2.75, 3.05) is 6.61 Å². The molecule has 3 aliphatic rings. The average molecular weight is 604 g/mol. The smallest absolute Gasteiger partial charge is 0.394 e. The topological polar surface area (TPSA) is 122 Å². The fourth-order valence-electron chi connectivity index (χ4n) is 7.32. The summed E-state index contributed by atoms with van der Waals surface area (Å²) >= 11 is 0. The summed E-state index contributed by atoms with van der Waals surface area (Å²) in [5.41, 5.74) is 1.36. The molecule has 1 aromatic carbocycles. The lowest BCUT2D eigenvalue weighted by molar-refractivity contribution is -0.534. The molecule has 1 aromatic rings. The number of ketones is 1. The van der Waals surface area contributed by atoms with Crippen molar-refractivity contribution in [1.29, 1.82) is 0 Å². The van der Waals surface area contributed by atoms with Gasteiger partial charge in [-0.1, -0.05) is 89.6 Å². The van der Waals surface area contributed by atoms with Crippen LogP contribution < -0.4 is 0 Å². The third-order valence-electron chi connectivity index (χ3n) is 8.91. The Morgan fingerprint density at radius 1 is 1.00 bits per heavy atom. The van der Waals surface area contributed by atoms with Crippen molar-refractivity contribution >= 4 is 46.0 Å². The molecule has 0 aromatic heterocycles. The number of ether oxygens (including phenoxy) is 1. The number of hydrogen-bond acceptors (Lipinski definition) is 8. The van der Waals surface area contributed by atoms with E-state index >= 15 is 0 Å². The van der Waals surface area contributed by atoms with Gasteiger partial charge in [-0.3, -0.25) is 9.37 Å². The van der Waals surface area contributed by atoms with Crippen LogP contribution in [0.25, 0.3) is 0 Å². The molecule has 0 unspecified atom stereocenters. The van der Waals surface area contributed by atoms with Gasteiger partial charge in [0.2, 0.25) is 14.1 Å². The van der Waals surface area contributed by atoms with E-state index in [2.05, 4.69) is 55.4 Å². The van der Waals surface area contributed by atoms with E-state index in [0.29, 0.717) is 16.0 Å². The van der Waals surface area contributed by atoms with E-state index in [1.54, 1.807) is 12.1 Å². The minimum atomic E-state index is -2.58. The van der Waals surface area contributed by atoms with E-state index in [1.165, 1.54) is 18.3 Å². The van der Waals surface area contributed by atoms with Crippen LogP contribution in [-0.2, 0) is 19.0 Å². The number of aliphatic hydroxyl groups is 1. The number of urea groups is 1. The number of rotatable bonds is 9. The summed E-state index contributed by atoms with van der Waals surface area (Å²) in [6.45, 7) is 17.2. The highest BCUT2D eigenvalue weighted by Gasteiger charge is 2.61. The van der Waals surface area contributed by atoms with Crippen LogP contribution in [0.15, 0.2) is 24.3 Å². The first-order chi connectivity index (χ1) is 19.3. The molecule has 1 N–H and O–H groups in total. The molecule has 0 aliphatic carbocycles. The van der Waals surface area contributed by atoms with Gasteiger partial charge < -0.3 is 9.84 Å². The van der Waals surface area contributed by atoms with Crippen LogP contribution in [0.2, 0.25) is 22.2 Å². The van der Waals surface area contributed by atoms with Crippen molar-refractivity contribution in [3.8, 4) is 0 Å². The van der Waals surface area contributed by atoms with E-state index in [1.807, 2.05) is 0 Å². The van der Waals surface area contributed by atoms with Gasteiger partial charge in [0.15, 0.2) is 5.78 Å². The van der Waals surface area contributed by atoms with E-state index in [0.717, 1.165) is 4.58 Å². The SMILES string of the molecule is CC(C)[SiH](C(C)C)[Si](OO[C@H]1[C@H]2C(=O)c3ccccc3C(=O)N3C(=O)CC=[N+](C3=O)[C@@H]2O[C@@H]1CO)(C(C)C)C(C)C. The Morgan fingerprint density at radius 3 is 2.12 bits per heavy atom. The lowest BCUT2D eigenvalue weighted by Crippen LogP contribution is -2.62. The molecule has 0 spiro atoms. The third kappa shape index (κ3) is 5.23. The molecule has 3 aliphatic heterocycles. The van der Waals surface area contributed by atoms with Crippen LogP contribution in [0.1, 0.15) is 82.5 Å². The minimum Gasteiger partial charge on any atom is -0.394 e. The van der Waals surface area contributed by atoms with Gasteiger partial charge in [-0.05, 0) is 17.1 Å². The number of imide groups is 3. The van der Waals surface area contributed by atoms with Gasteiger partial charge in [-0.2, -0.15) is 9.37 Å². The summed E-state index contributed by atoms with van der Waals surface area (Å²) in [4.78, 5) is 60.8. The number of nitrogens with zero attached hydrogens (tertiary/aromatic N) is 2. The highest BCUT2D eigenvalue weighted by Crippen LogP contribution is 2.45. The van der Waals surface area contributed by atoms with Gasteiger partial charge in [-0.25, -0.2) is 14.5 Å². The summed E-state index contributed by atoms with van der Waals surface area (Å²) in [6, 6.07) is 5.24. The van der Waals surface area contributed by atoms with Crippen molar-refractivity contribution in [3.63, 3.8) is 0 Å². The van der Waals surface area contributed by atoms with Gasteiger partial charge in [0.05, 0.1) is 26.7 Å². The van der Waals surface area contributed by atoms with Crippen molar-refractivity contribution in [2.24, 2.45) is 5.92 Å².